The summed E-state index contributed by atoms with van der Waals surface area (Å²) in [4.78, 5) is 27.6. The van der Waals surface area contributed by atoms with E-state index in [1.807, 2.05) is 4.90 Å². The van der Waals surface area contributed by atoms with Crippen LogP contribution in [-0.2, 0) is 9.59 Å². The maximum Gasteiger partial charge on any atom is 0.236 e. The lowest BCUT2D eigenvalue weighted by atomic mass is 9.96. The highest BCUT2D eigenvalue weighted by molar-refractivity contribution is 5.79. The minimum atomic E-state index is 0.133. The summed E-state index contributed by atoms with van der Waals surface area (Å²) < 4.78 is 0. The largest absolute Gasteiger partial charge is 0.359 e. The number of carbonyl (C=O) groups is 2. The van der Waals surface area contributed by atoms with Crippen LogP contribution < -0.4 is 5.32 Å². The Morgan fingerprint density at radius 1 is 1.11 bits per heavy atom. The molecule has 0 saturated carbocycles. The Morgan fingerprint density at radius 3 is 2.28 bits per heavy atom. The Morgan fingerprint density at radius 2 is 1.72 bits per heavy atom. The Labute approximate surface area is 108 Å². The molecule has 2 heterocycles. The van der Waals surface area contributed by atoms with Crippen molar-refractivity contribution >= 4 is 11.8 Å². The Bertz CT molecular complexity index is 305. The van der Waals surface area contributed by atoms with Gasteiger partial charge >= 0.3 is 0 Å². The van der Waals surface area contributed by atoms with E-state index in [0.717, 1.165) is 51.9 Å². The Balaban J connectivity index is 1.73. The molecule has 2 aliphatic rings. The van der Waals surface area contributed by atoms with Crippen molar-refractivity contribution in [3.8, 4) is 0 Å². The molecule has 0 aliphatic carbocycles. The topological polar surface area (TPSA) is 52.7 Å². The van der Waals surface area contributed by atoms with Gasteiger partial charge in [-0.3, -0.25) is 14.5 Å². The fourth-order valence-electron chi connectivity index (χ4n) is 2.82. The number of rotatable bonds is 3. The van der Waals surface area contributed by atoms with Gasteiger partial charge in [-0.1, -0.05) is 0 Å². The number of hydrogen-bond acceptors (Lipinski definition) is 3. The van der Waals surface area contributed by atoms with E-state index in [1.165, 1.54) is 0 Å². The summed E-state index contributed by atoms with van der Waals surface area (Å²) in [7, 11) is 1.69. The zero-order valence-corrected chi connectivity index (χ0v) is 11.2. The molecule has 18 heavy (non-hydrogen) atoms. The summed E-state index contributed by atoms with van der Waals surface area (Å²) in [5, 5.41) is 2.70. The van der Waals surface area contributed by atoms with Crippen LogP contribution in [0.2, 0.25) is 0 Å². The van der Waals surface area contributed by atoms with Crippen LogP contribution in [0, 0.1) is 5.92 Å². The summed E-state index contributed by atoms with van der Waals surface area (Å²) >= 11 is 0. The van der Waals surface area contributed by atoms with Gasteiger partial charge in [-0.25, -0.2) is 0 Å². The van der Waals surface area contributed by atoms with E-state index in [-0.39, 0.29) is 17.7 Å². The summed E-state index contributed by atoms with van der Waals surface area (Å²) in [5.41, 5.74) is 0. The molecule has 1 N–H and O–H groups in total. The quantitative estimate of drug-likeness (QED) is 0.774. The second-order valence-corrected chi connectivity index (χ2v) is 5.25. The van der Waals surface area contributed by atoms with Gasteiger partial charge in [0.05, 0.1) is 6.54 Å². The minimum absolute atomic E-state index is 0.133. The van der Waals surface area contributed by atoms with Crippen molar-refractivity contribution in [2.75, 3.05) is 39.8 Å². The van der Waals surface area contributed by atoms with E-state index in [4.69, 9.17) is 0 Å². The number of likely N-dealkylation sites (tertiary alicyclic amines) is 2. The van der Waals surface area contributed by atoms with Crippen LogP contribution in [0.1, 0.15) is 25.7 Å². The third-order valence-electron chi connectivity index (χ3n) is 4.02. The molecule has 0 aromatic rings. The van der Waals surface area contributed by atoms with Gasteiger partial charge in [0, 0.05) is 26.1 Å². The molecule has 5 nitrogen and oxygen atoms in total. The Hall–Kier alpha value is -1.10. The van der Waals surface area contributed by atoms with E-state index in [1.54, 1.807) is 7.05 Å². The first-order valence-electron chi connectivity index (χ1n) is 6.92. The van der Waals surface area contributed by atoms with Crippen molar-refractivity contribution in [1.82, 2.24) is 15.1 Å². The van der Waals surface area contributed by atoms with E-state index >= 15 is 0 Å². The fraction of sp³-hybridized carbons (Fsp3) is 0.846. The standard InChI is InChI=1S/C13H23N3O2/c1-14-13(18)11-4-8-15(9-5-11)10-12(17)16-6-2-3-7-16/h11H,2-10H2,1H3,(H,14,18). The Kier molecular flexibility index (Phi) is 4.58. The summed E-state index contributed by atoms with van der Waals surface area (Å²) in [6.45, 7) is 4.09. The van der Waals surface area contributed by atoms with Crippen LogP contribution in [0.5, 0.6) is 0 Å². The molecule has 0 aromatic carbocycles. The van der Waals surface area contributed by atoms with E-state index in [9.17, 15) is 9.59 Å². The first-order chi connectivity index (χ1) is 8.70. The predicted molar refractivity (Wildman–Crippen MR) is 69.0 cm³/mol. The van der Waals surface area contributed by atoms with Gasteiger partial charge in [0.1, 0.15) is 0 Å². The highest BCUT2D eigenvalue weighted by Gasteiger charge is 2.26. The number of nitrogens with zero attached hydrogens (tertiary/aromatic N) is 2. The molecule has 2 amide bonds. The molecule has 0 bridgehead atoms. The van der Waals surface area contributed by atoms with Gasteiger partial charge in [-0.15, -0.1) is 0 Å². The average molecular weight is 253 g/mol. The smallest absolute Gasteiger partial charge is 0.236 e. The van der Waals surface area contributed by atoms with E-state index in [0.29, 0.717) is 6.54 Å². The van der Waals surface area contributed by atoms with Crippen molar-refractivity contribution in [1.29, 1.82) is 0 Å². The minimum Gasteiger partial charge on any atom is -0.359 e. The molecule has 2 aliphatic heterocycles. The predicted octanol–water partition coefficient (Wildman–Crippen LogP) is 0.0668. The molecule has 0 radical (unpaired) electrons. The van der Waals surface area contributed by atoms with Crippen LogP contribution >= 0.6 is 0 Å². The van der Waals surface area contributed by atoms with Gasteiger partial charge in [-0.2, -0.15) is 0 Å². The zero-order valence-electron chi connectivity index (χ0n) is 11.2. The number of amides is 2. The maximum atomic E-state index is 12.0. The van der Waals surface area contributed by atoms with Gasteiger partial charge < -0.3 is 10.2 Å². The van der Waals surface area contributed by atoms with Crippen molar-refractivity contribution in [3.05, 3.63) is 0 Å². The van der Waals surface area contributed by atoms with Gasteiger partial charge in [0.2, 0.25) is 11.8 Å². The summed E-state index contributed by atoms with van der Waals surface area (Å²) in [6.07, 6.45) is 4.02. The first kappa shape index (κ1) is 13.3. The normalized spacial score (nSPS) is 22.2. The lowest BCUT2D eigenvalue weighted by Gasteiger charge is -2.31. The molecule has 2 saturated heterocycles. The number of nitrogens with one attached hydrogen (secondary N) is 1. The molecule has 0 atom stereocenters. The zero-order chi connectivity index (χ0) is 13.0. The van der Waals surface area contributed by atoms with Crippen LogP contribution in [0.4, 0.5) is 0 Å². The molecule has 2 fully saturated rings. The third kappa shape index (κ3) is 3.22. The second kappa shape index (κ2) is 6.18. The second-order valence-electron chi connectivity index (χ2n) is 5.25. The molecule has 0 spiro atoms. The molecule has 102 valence electrons. The molecular weight excluding hydrogens is 230 g/mol. The van der Waals surface area contributed by atoms with Crippen molar-refractivity contribution < 1.29 is 9.59 Å². The summed E-state index contributed by atoms with van der Waals surface area (Å²) in [6, 6.07) is 0. The molecule has 0 unspecified atom stereocenters. The number of piperidine rings is 1. The number of hydrogen-bond donors (Lipinski definition) is 1. The van der Waals surface area contributed by atoms with Crippen LogP contribution in [0.15, 0.2) is 0 Å². The fourth-order valence-corrected chi connectivity index (χ4v) is 2.82. The molecule has 0 aromatic heterocycles. The van der Waals surface area contributed by atoms with Crippen molar-refractivity contribution in [2.24, 2.45) is 5.92 Å². The molecule has 5 heteroatoms. The molecule has 2 rings (SSSR count). The van der Waals surface area contributed by atoms with Gasteiger partial charge in [0.15, 0.2) is 0 Å². The van der Waals surface area contributed by atoms with Crippen molar-refractivity contribution in [2.45, 2.75) is 25.7 Å². The van der Waals surface area contributed by atoms with Crippen LogP contribution in [0.3, 0.4) is 0 Å². The van der Waals surface area contributed by atoms with E-state index in [2.05, 4.69) is 10.2 Å². The highest BCUT2D eigenvalue weighted by atomic mass is 16.2. The maximum absolute atomic E-state index is 12.0. The highest BCUT2D eigenvalue weighted by Crippen LogP contribution is 2.17. The average Bonchev–Trinajstić information content (AvgIpc) is 2.92. The SMILES string of the molecule is CNC(=O)C1CCN(CC(=O)N2CCCC2)CC1. The first-order valence-corrected chi connectivity index (χ1v) is 6.92. The lowest BCUT2D eigenvalue weighted by Crippen LogP contribution is -2.44. The van der Waals surface area contributed by atoms with Crippen LogP contribution in [0.25, 0.3) is 0 Å². The number of carbonyl (C=O) groups excluding carboxylic acids is 2. The van der Waals surface area contributed by atoms with Crippen molar-refractivity contribution in [3.63, 3.8) is 0 Å². The lowest BCUT2D eigenvalue weighted by molar-refractivity contribution is -0.132. The van der Waals surface area contributed by atoms with Gasteiger partial charge in [-0.05, 0) is 38.8 Å². The molecular formula is C13H23N3O2. The van der Waals surface area contributed by atoms with E-state index < -0.39 is 0 Å². The third-order valence-corrected chi connectivity index (χ3v) is 4.02. The monoisotopic (exact) mass is 253 g/mol. The summed E-state index contributed by atoms with van der Waals surface area (Å²) in [5.74, 6) is 0.527. The van der Waals surface area contributed by atoms with Crippen LogP contribution in [-0.4, -0.2) is 61.4 Å². The van der Waals surface area contributed by atoms with Gasteiger partial charge in [0.25, 0.3) is 0 Å².